The average molecular weight is 249 g/mol. The van der Waals surface area contributed by atoms with Gasteiger partial charge in [-0.15, -0.1) is 0 Å². The molecule has 1 aromatic rings. The molecule has 0 amide bonds. The Morgan fingerprint density at radius 1 is 1.33 bits per heavy atom. The van der Waals surface area contributed by atoms with Crippen LogP contribution in [0.15, 0.2) is 24.3 Å². The van der Waals surface area contributed by atoms with Crippen LogP contribution in [0.4, 0.5) is 0 Å². The molecule has 2 N–H and O–H groups in total. The molecule has 0 aromatic heterocycles. The Morgan fingerprint density at radius 2 is 2.17 bits per heavy atom. The van der Waals surface area contributed by atoms with E-state index in [9.17, 15) is 5.11 Å². The van der Waals surface area contributed by atoms with Gasteiger partial charge in [0, 0.05) is 18.2 Å². The predicted molar refractivity (Wildman–Crippen MR) is 72.7 cm³/mol. The number of aliphatic hydroxyl groups is 1. The first-order chi connectivity index (χ1) is 8.79. The van der Waals surface area contributed by atoms with Crippen molar-refractivity contribution in [3.63, 3.8) is 0 Å². The zero-order chi connectivity index (χ0) is 12.8. The van der Waals surface area contributed by atoms with Crippen molar-refractivity contribution in [2.75, 3.05) is 6.61 Å². The van der Waals surface area contributed by atoms with E-state index in [2.05, 4.69) is 11.4 Å². The Labute approximate surface area is 109 Å². The highest BCUT2D eigenvalue weighted by Gasteiger charge is 2.19. The molecule has 3 heteroatoms. The van der Waals surface area contributed by atoms with Crippen molar-refractivity contribution in [1.29, 1.82) is 0 Å². The Morgan fingerprint density at radius 3 is 2.94 bits per heavy atom. The van der Waals surface area contributed by atoms with Gasteiger partial charge in [-0.1, -0.05) is 18.2 Å². The second kappa shape index (κ2) is 6.76. The molecule has 100 valence electrons. The van der Waals surface area contributed by atoms with Gasteiger partial charge in [0.05, 0.1) is 12.7 Å². The van der Waals surface area contributed by atoms with E-state index in [0.29, 0.717) is 12.6 Å². The van der Waals surface area contributed by atoms with Gasteiger partial charge in [0.2, 0.25) is 0 Å². The van der Waals surface area contributed by atoms with E-state index in [-0.39, 0.29) is 6.10 Å². The molecule has 1 aromatic carbocycles. The third-order valence-electron chi connectivity index (χ3n) is 3.50. The second-order valence-electron chi connectivity index (χ2n) is 4.94. The van der Waals surface area contributed by atoms with Crippen LogP contribution >= 0.6 is 0 Å². The summed E-state index contributed by atoms with van der Waals surface area (Å²) in [6, 6.07) is 8.57. The van der Waals surface area contributed by atoms with Crippen LogP contribution in [-0.2, 0) is 6.54 Å². The fraction of sp³-hybridized carbons (Fsp3) is 0.600. The van der Waals surface area contributed by atoms with Crippen molar-refractivity contribution in [3.8, 4) is 5.75 Å². The highest BCUT2D eigenvalue weighted by molar-refractivity contribution is 5.33. The van der Waals surface area contributed by atoms with E-state index in [1.807, 2.05) is 25.1 Å². The molecule has 0 spiro atoms. The lowest BCUT2D eigenvalue weighted by molar-refractivity contribution is 0.111. The van der Waals surface area contributed by atoms with Crippen molar-refractivity contribution in [1.82, 2.24) is 5.32 Å². The summed E-state index contributed by atoms with van der Waals surface area (Å²) in [5, 5.41) is 13.2. The minimum Gasteiger partial charge on any atom is -0.494 e. The average Bonchev–Trinajstić information content (AvgIpc) is 2.38. The molecule has 0 aliphatic heterocycles. The standard InChI is InChI=1S/C15H23NO2/c1-2-18-15-9-4-3-6-12(15)11-16-13-7-5-8-14(17)10-13/h3-4,6,9,13-14,16-17H,2,5,7-8,10-11H2,1H3. The van der Waals surface area contributed by atoms with Crippen molar-refractivity contribution < 1.29 is 9.84 Å². The number of rotatable bonds is 5. The van der Waals surface area contributed by atoms with Crippen molar-refractivity contribution in [3.05, 3.63) is 29.8 Å². The number of hydrogen-bond donors (Lipinski definition) is 2. The van der Waals surface area contributed by atoms with Gasteiger partial charge in [-0.05, 0) is 38.7 Å². The van der Waals surface area contributed by atoms with E-state index in [4.69, 9.17) is 4.74 Å². The first-order valence-corrected chi connectivity index (χ1v) is 6.91. The Balaban J connectivity index is 1.89. The molecule has 1 fully saturated rings. The quantitative estimate of drug-likeness (QED) is 0.842. The maximum Gasteiger partial charge on any atom is 0.123 e. The predicted octanol–water partition coefficient (Wildman–Crippen LogP) is 2.48. The number of ether oxygens (including phenoxy) is 1. The minimum atomic E-state index is -0.126. The third-order valence-corrected chi connectivity index (χ3v) is 3.50. The van der Waals surface area contributed by atoms with E-state index >= 15 is 0 Å². The van der Waals surface area contributed by atoms with Crippen LogP contribution in [-0.4, -0.2) is 23.9 Å². The molecule has 2 atom stereocenters. The summed E-state index contributed by atoms with van der Waals surface area (Å²) in [4.78, 5) is 0. The normalized spacial score (nSPS) is 23.9. The lowest BCUT2D eigenvalue weighted by Crippen LogP contribution is -2.35. The lowest BCUT2D eigenvalue weighted by atomic mass is 9.93. The fourth-order valence-corrected chi connectivity index (χ4v) is 2.55. The second-order valence-corrected chi connectivity index (χ2v) is 4.94. The van der Waals surface area contributed by atoms with Crippen LogP contribution in [0.2, 0.25) is 0 Å². The molecule has 1 aliphatic carbocycles. The Kier molecular flexibility index (Phi) is 5.02. The number of para-hydroxylation sites is 1. The van der Waals surface area contributed by atoms with Crippen LogP contribution in [0.25, 0.3) is 0 Å². The summed E-state index contributed by atoms with van der Waals surface area (Å²) in [6.07, 6.45) is 3.98. The van der Waals surface area contributed by atoms with Crippen molar-refractivity contribution in [2.45, 2.75) is 51.3 Å². The summed E-state index contributed by atoms with van der Waals surface area (Å²) in [5.74, 6) is 0.962. The van der Waals surface area contributed by atoms with Gasteiger partial charge < -0.3 is 15.2 Å². The molecule has 18 heavy (non-hydrogen) atoms. The van der Waals surface area contributed by atoms with Gasteiger partial charge in [0.25, 0.3) is 0 Å². The van der Waals surface area contributed by atoms with Crippen LogP contribution in [0.3, 0.4) is 0 Å². The molecule has 0 saturated heterocycles. The Bertz CT molecular complexity index is 367. The monoisotopic (exact) mass is 249 g/mol. The zero-order valence-corrected chi connectivity index (χ0v) is 11.1. The number of nitrogens with one attached hydrogen (secondary N) is 1. The summed E-state index contributed by atoms with van der Waals surface area (Å²) in [7, 11) is 0. The minimum absolute atomic E-state index is 0.126. The zero-order valence-electron chi connectivity index (χ0n) is 11.1. The van der Waals surface area contributed by atoms with E-state index in [1.165, 1.54) is 5.56 Å². The van der Waals surface area contributed by atoms with E-state index in [0.717, 1.165) is 38.0 Å². The van der Waals surface area contributed by atoms with Crippen LogP contribution in [0, 0.1) is 0 Å². The first-order valence-electron chi connectivity index (χ1n) is 6.91. The van der Waals surface area contributed by atoms with Crippen LogP contribution in [0.5, 0.6) is 5.75 Å². The summed E-state index contributed by atoms with van der Waals surface area (Å²) >= 11 is 0. The van der Waals surface area contributed by atoms with Gasteiger partial charge in [-0.25, -0.2) is 0 Å². The van der Waals surface area contributed by atoms with Crippen LogP contribution < -0.4 is 10.1 Å². The molecule has 0 bridgehead atoms. The smallest absolute Gasteiger partial charge is 0.123 e. The molecule has 2 unspecified atom stereocenters. The van der Waals surface area contributed by atoms with Gasteiger partial charge in [0.15, 0.2) is 0 Å². The summed E-state index contributed by atoms with van der Waals surface area (Å²) < 4.78 is 5.61. The number of benzene rings is 1. The molecule has 3 nitrogen and oxygen atoms in total. The van der Waals surface area contributed by atoms with Crippen LogP contribution in [0.1, 0.15) is 38.2 Å². The lowest BCUT2D eigenvalue weighted by Gasteiger charge is -2.27. The molecular weight excluding hydrogens is 226 g/mol. The fourth-order valence-electron chi connectivity index (χ4n) is 2.55. The van der Waals surface area contributed by atoms with Gasteiger partial charge >= 0.3 is 0 Å². The molecule has 1 saturated carbocycles. The molecular formula is C15H23NO2. The van der Waals surface area contributed by atoms with E-state index < -0.39 is 0 Å². The maximum absolute atomic E-state index is 9.65. The topological polar surface area (TPSA) is 41.5 Å². The molecule has 1 aliphatic rings. The molecule has 0 heterocycles. The molecule has 2 rings (SSSR count). The van der Waals surface area contributed by atoms with Gasteiger partial charge in [-0.3, -0.25) is 0 Å². The number of aliphatic hydroxyl groups excluding tert-OH is 1. The van der Waals surface area contributed by atoms with Gasteiger partial charge in [0.1, 0.15) is 5.75 Å². The van der Waals surface area contributed by atoms with Gasteiger partial charge in [-0.2, -0.15) is 0 Å². The maximum atomic E-state index is 9.65. The largest absolute Gasteiger partial charge is 0.494 e. The molecule has 0 radical (unpaired) electrons. The van der Waals surface area contributed by atoms with Crippen molar-refractivity contribution >= 4 is 0 Å². The highest BCUT2D eigenvalue weighted by atomic mass is 16.5. The summed E-state index contributed by atoms with van der Waals surface area (Å²) in [6.45, 7) is 3.51. The third kappa shape index (κ3) is 3.72. The van der Waals surface area contributed by atoms with Crippen molar-refractivity contribution in [2.24, 2.45) is 0 Å². The van der Waals surface area contributed by atoms with E-state index in [1.54, 1.807) is 0 Å². The summed E-state index contributed by atoms with van der Waals surface area (Å²) in [5.41, 5.74) is 1.19. The Hall–Kier alpha value is -1.06. The SMILES string of the molecule is CCOc1ccccc1CNC1CCCC(O)C1. The number of hydrogen-bond acceptors (Lipinski definition) is 3. The first kappa shape index (κ1) is 13.4. The highest BCUT2D eigenvalue weighted by Crippen LogP contribution is 2.21.